The first kappa shape index (κ1) is 21.8. The number of carbonyl (C=O) groups is 1. The number of rotatable bonds is 7. The second kappa shape index (κ2) is 9.38. The molecule has 166 valence electrons. The van der Waals surface area contributed by atoms with Gasteiger partial charge in [-0.1, -0.05) is 54.6 Å². The van der Waals surface area contributed by atoms with Crippen LogP contribution in [0.4, 0.5) is 10.6 Å². The van der Waals surface area contributed by atoms with Crippen molar-refractivity contribution in [2.75, 3.05) is 32.1 Å². The smallest absolute Gasteiger partial charge is 0.407 e. The van der Waals surface area contributed by atoms with Crippen molar-refractivity contribution in [3.05, 3.63) is 83.6 Å². The first-order chi connectivity index (χ1) is 15.5. The van der Waals surface area contributed by atoms with Gasteiger partial charge in [-0.3, -0.25) is 0 Å². The zero-order valence-corrected chi connectivity index (χ0v) is 18.1. The van der Waals surface area contributed by atoms with Gasteiger partial charge in [0.15, 0.2) is 0 Å². The molecule has 32 heavy (non-hydrogen) atoms. The highest BCUT2D eigenvalue weighted by Crippen LogP contribution is 2.44. The van der Waals surface area contributed by atoms with Crippen molar-refractivity contribution in [3.63, 3.8) is 0 Å². The topological polar surface area (TPSA) is 94.9 Å². The number of fused-ring (bicyclic) bond motifs is 3. The summed E-state index contributed by atoms with van der Waals surface area (Å²) in [6.07, 6.45) is -1.49. The van der Waals surface area contributed by atoms with E-state index in [1.807, 2.05) is 43.3 Å². The summed E-state index contributed by atoms with van der Waals surface area (Å²) >= 11 is 0. The van der Waals surface area contributed by atoms with Crippen LogP contribution in [-0.4, -0.2) is 54.6 Å². The summed E-state index contributed by atoms with van der Waals surface area (Å²) < 4.78 is 5.46. The molecule has 2 unspecified atom stereocenters. The predicted molar refractivity (Wildman–Crippen MR) is 123 cm³/mol. The number of amides is 1. The van der Waals surface area contributed by atoms with E-state index in [0.717, 1.165) is 28.1 Å². The Labute approximate surface area is 187 Å². The summed E-state index contributed by atoms with van der Waals surface area (Å²) in [7, 11) is 3.73. The fourth-order valence-corrected chi connectivity index (χ4v) is 4.01. The second-order valence-electron chi connectivity index (χ2n) is 8.06. The Hall–Kier alpha value is -3.42. The molecule has 7 nitrogen and oxygen atoms in total. The monoisotopic (exact) mass is 433 g/mol. The molecule has 0 spiro atoms. The SMILES string of the molecule is CN(C)c1ccc(C(O)C(O)CNC(=O)OCC2c3ccccc3-c3ccccc32)cn1. The number of aliphatic hydroxyl groups is 2. The number of aliphatic hydroxyl groups excluding tert-OH is 2. The fraction of sp³-hybridized carbons (Fsp3) is 0.280. The Morgan fingerprint density at radius 1 is 1.03 bits per heavy atom. The normalized spacial score (nSPS) is 14.2. The molecule has 0 bridgehead atoms. The van der Waals surface area contributed by atoms with Crippen LogP contribution in [0, 0.1) is 0 Å². The first-order valence-electron chi connectivity index (χ1n) is 10.5. The molecule has 1 aromatic heterocycles. The lowest BCUT2D eigenvalue weighted by Crippen LogP contribution is -2.36. The van der Waals surface area contributed by atoms with E-state index in [2.05, 4.69) is 34.6 Å². The van der Waals surface area contributed by atoms with Gasteiger partial charge in [-0.05, 0) is 28.3 Å². The lowest BCUT2D eigenvalue weighted by molar-refractivity contribution is 0.0184. The molecule has 7 heteroatoms. The molecule has 0 saturated carbocycles. The van der Waals surface area contributed by atoms with E-state index in [1.54, 1.807) is 12.1 Å². The molecule has 1 aliphatic rings. The van der Waals surface area contributed by atoms with E-state index < -0.39 is 18.3 Å². The van der Waals surface area contributed by atoms with Gasteiger partial charge in [0.1, 0.15) is 24.6 Å². The highest BCUT2D eigenvalue weighted by Gasteiger charge is 2.29. The minimum absolute atomic E-state index is 0.0371. The lowest BCUT2D eigenvalue weighted by Gasteiger charge is -2.20. The van der Waals surface area contributed by atoms with Crippen LogP contribution in [0.25, 0.3) is 11.1 Å². The third kappa shape index (κ3) is 4.44. The zero-order chi connectivity index (χ0) is 22.7. The highest BCUT2D eigenvalue weighted by molar-refractivity contribution is 5.79. The third-order valence-corrected chi connectivity index (χ3v) is 5.73. The van der Waals surface area contributed by atoms with Gasteiger partial charge in [0.25, 0.3) is 0 Å². The average Bonchev–Trinajstić information content (AvgIpc) is 3.14. The Kier molecular flexibility index (Phi) is 6.39. The number of nitrogens with zero attached hydrogens (tertiary/aromatic N) is 2. The number of ether oxygens (including phenoxy) is 1. The molecule has 0 aliphatic heterocycles. The highest BCUT2D eigenvalue weighted by atomic mass is 16.5. The Morgan fingerprint density at radius 3 is 2.22 bits per heavy atom. The first-order valence-corrected chi connectivity index (χ1v) is 10.5. The summed E-state index contributed by atoms with van der Waals surface area (Å²) in [6.45, 7) is 0.0434. The van der Waals surface area contributed by atoms with Crippen LogP contribution in [0.1, 0.15) is 28.7 Å². The molecule has 0 fully saturated rings. The Bertz CT molecular complexity index is 1040. The molecule has 0 saturated heterocycles. The van der Waals surface area contributed by atoms with Crippen molar-refractivity contribution < 1.29 is 19.7 Å². The summed E-state index contributed by atoms with van der Waals surface area (Å²) in [6, 6.07) is 19.7. The number of carbonyl (C=O) groups excluding carboxylic acids is 1. The van der Waals surface area contributed by atoms with Crippen LogP contribution in [0.5, 0.6) is 0 Å². The van der Waals surface area contributed by atoms with Gasteiger partial charge in [0, 0.05) is 38.3 Å². The van der Waals surface area contributed by atoms with Crippen molar-refractivity contribution in [3.8, 4) is 11.1 Å². The molecule has 3 aromatic rings. The van der Waals surface area contributed by atoms with E-state index in [-0.39, 0.29) is 19.1 Å². The Morgan fingerprint density at radius 2 is 1.66 bits per heavy atom. The molecule has 2 atom stereocenters. The molecule has 0 radical (unpaired) electrons. The van der Waals surface area contributed by atoms with E-state index >= 15 is 0 Å². The molecule has 1 heterocycles. The molecular weight excluding hydrogens is 406 g/mol. The van der Waals surface area contributed by atoms with Crippen molar-refractivity contribution in [2.45, 2.75) is 18.1 Å². The molecule has 1 aliphatic carbocycles. The fourth-order valence-electron chi connectivity index (χ4n) is 4.01. The quantitative estimate of drug-likeness (QED) is 0.530. The van der Waals surface area contributed by atoms with Crippen LogP contribution in [-0.2, 0) is 4.74 Å². The molecule has 4 rings (SSSR count). The Balaban J connectivity index is 1.32. The second-order valence-corrected chi connectivity index (χ2v) is 8.06. The van der Waals surface area contributed by atoms with Crippen molar-refractivity contribution in [2.24, 2.45) is 0 Å². The molecule has 3 N–H and O–H groups in total. The maximum atomic E-state index is 12.3. The maximum absolute atomic E-state index is 12.3. The van der Waals surface area contributed by atoms with Crippen molar-refractivity contribution in [1.82, 2.24) is 10.3 Å². The minimum Gasteiger partial charge on any atom is -0.449 e. The number of pyridine rings is 1. The average molecular weight is 434 g/mol. The van der Waals surface area contributed by atoms with Gasteiger partial charge in [0.05, 0.1) is 0 Å². The van der Waals surface area contributed by atoms with Crippen molar-refractivity contribution in [1.29, 1.82) is 0 Å². The summed E-state index contributed by atoms with van der Waals surface area (Å²) in [5.41, 5.74) is 5.04. The van der Waals surface area contributed by atoms with Gasteiger partial charge in [-0.15, -0.1) is 0 Å². The summed E-state index contributed by atoms with van der Waals surface area (Å²) in [5, 5.41) is 23.2. The van der Waals surface area contributed by atoms with Gasteiger partial charge < -0.3 is 25.2 Å². The number of hydrogen-bond donors (Lipinski definition) is 3. The number of alkyl carbamates (subject to hydrolysis) is 1. The minimum atomic E-state index is -1.19. The maximum Gasteiger partial charge on any atom is 0.407 e. The number of anilines is 1. The predicted octanol–water partition coefficient (Wildman–Crippen LogP) is 3.08. The van der Waals surface area contributed by atoms with E-state index in [0.29, 0.717) is 5.56 Å². The largest absolute Gasteiger partial charge is 0.449 e. The summed E-state index contributed by atoms with van der Waals surface area (Å²) in [5.74, 6) is 0.706. The van der Waals surface area contributed by atoms with Crippen LogP contribution in [0.3, 0.4) is 0 Å². The van der Waals surface area contributed by atoms with Crippen LogP contribution >= 0.6 is 0 Å². The van der Waals surface area contributed by atoms with Gasteiger partial charge >= 0.3 is 6.09 Å². The van der Waals surface area contributed by atoms with Gasteiger partial charge in [-0.2, -0.15) is 0 Å². The molecule has 1 amide bonds. The van der Waals surface area contributed by atoms with Crippen LogP contribution in [0.2, 0.25) is 0 Å². The van der Waals surface area contributed by atoms with Crippen molar-refractivity contribution >= 4 is 11.9 Å². The van der Waals surface area contributed by atoms with Gasteiger partial charge in [0.2, 0.25) is 0 Å². The number of aromatic nitrogens is 1. The van der Waals surface area contributed by atoms with E-state index in [1.165, 1.54) is 6.20 Å². The van der Waals surface area contributed by atoms with E-state index in [9.17, 15) is 15.0 Å². The van der Waals surface area contributed by atoms with Gasteiger partial charge in [-0.25, -0.2) is 9.78 Å². The molecule has 2 aromatic carbocycles. The van der Waals surface area contributed by atoms with Crippen LogP contribution in [0.15, 0.2) is 66.9 Å². The summed E-state index contributed by atoms with van der Waals surface area (Å²) in [4.78, 5) is 18.3. The third-order valence-electron chi connectivity index (χ3n) is 5.73. The van der Waals surface area contributed by atoms with E-state index in [4.69, 9.17) is 4.74 Å². The number of nitrogens with one attached hydrogen (secondary N) is 1. The van der Waals surface area contributed by atoms with Crippen LogP contribution < -0.4 is 10.2 Å². The zero-order valence-electron chi connectivity index (χ0n) is 18.1. The standard InChI is InChI=1S/C25H27N3O4/c1-28(2)23-12-11-16(13-26-23)24(30)22(29)14-27-25(31)32-15-21-19-9-5-3-7-17(19)18-8-4-6-10-20(18)21/h3-13,21-22,24,29-30H,14-15H2,1-2H3,(H,27,31). The number of hydrogen-bond acceptors (Lipinski definition) is 6. The lowest BCUT2D eigenvalue weighted by atomic mass is 9.98. The molecular formula is C25H27N3O4. The number of benzene rings is 2.